The first-order valence-electron chi connectivity index (χ1n) is 9.08. The molecule has 0 aromatic heterocycles. The summed E-state index contributed by atoms with van der Waals surface area (Å²) in [5.41, 5.74) is 4.39. The van der Waals surface area contributed by atoms with Crippen LogP contribution in [0.3, 0.4) is 0 Å². The number of hydrogen-bond acceptors (Lipinski definition) is 3. The summed E-state index contributed by atoms with van der Waals surface area (Å²) in [6.45, 7) is 8.33. The van der Waals surface area contributed by atoms with Crippen LogP contribution in [0.15, 0.2) is 17.2 Å². The van der Waals surface area contributed by atoms with Gasteiger partial charge in [-0.1, -0.05) is 26.3 Å². The average Bonchev–Trinajstić information content (AvgIpc) is 2.53. The number of carbonyl (C=O) groups is 1. The maximum atomic E-state index is 11.5. The SMILES string of the molecule is COc1c(C(C)C)cc(O)c2c1CCC1C(C)=C(C(=O)O)CCC21C. The van der Waals surface area contributed by atoms with Crippen molar-refractivity contribution in [1.29, 1.82) is 0 Å². The lowest BCUT2D eigenvalue weighted by Crippen LogP contribution is -2.41. The van der Waals surface area contributed by atoms with Gasteiger partial charge in [0.25, 0.3) is 0 Å². The van der Waals surface area contributed by atoms with Gasteiger partial charge in [-0.25, -0.2) is 4.79 Å². The molecule has 2 N–H and O–H groups in total. The number of aromatic hydroxyl groups is 1. The molecule has 2 aliphatic rings. The third-order valence-electron chi connectivity index (χ3n) is 6.39. The Morgan fingerprint density at radius 1 is 1.36 bits per heavy atom. The Bertz CT molecular complexity index is 760. The van der Waals surface area contributed by atoms with Gasteiger partial charge < -0.3 is 14.9 Å². The molecule has 0 fully saturated rings. The van der Waals surface area contributed by atoms with Gasteiger partial charge in [-0.2, -0.15) is 0 Å². The van der Waals surface area contributed by atoms with E-state index in [-0.39, 0.29) is 17.3 Å². The summed E-state index contributed by atoms with van der Waals surface area (Å²) >= 11 is 0. The van der Waals surface area contributed by atoms with E-state index in [9.17, 15) is 15.0 Å². The van der Waals surface area contributed by atoms with E-state index in [2.05, 4.69) is 20.8 Å². The summed E-state index contributed by atoms with van der Waals surface area (Å²) in [6, 6.07) is 1.85. The second kappa shape index (κ2) is 6.08. The number of benzene rings is 1. The third-order valence-corrected chi connectivity index (χ3v) is 6.39. The van der Waals surface area contributed by atoms with Crippen LogP contribution in [0.5, 0.6) is 11.5 Å². The van der Waals surface area contributed by atoms with E-state index in [1.54, 1.807) is 7.11 Å². The topological polar surface area (TPSA) is 66.8 Å². The highest BCUT2D eigenvalue weighted by Gasteiger charge is 2.47. The summed E-state index contributed by atoms with van der Waals surface area (Å²) < 4.78 is 5.75. The van der Waals surface area contributed by atoms with Crippen LogP contribution in [0.1, 0.15) is 69.6 Å². The highest BCUT2D eigenvalue weighted by Crippen LogP contribution is 2.56. The summed E-state index contributed by atoms with van der Waals surface area (Å²) in [7, 11) is 1.70. The number of carboxylic acids is 1. The number of ether oxygens (including phenoxy) is 1. The Labute approximate surface area is 149 Å². The molecule has 4 heteroatoms. The number of carboxylic acid groups (broad SMARTS) is 1. The zero-order chi connectivity index (χ0) is 18.5. The van der Waals surface area contributed by atoms with Gasteiger partial charge in [-0.3, -0.25) is 0 Å². The number of allylic oxidation sites excluding steroid dienone is 1. The standard InChI is InChI=1S/C21H28O4/c1-11(2)15-10-17(22)18-14(19(15)25-5)6-7-16-12(3)13(20(23)24)8-9-21(16,18)4/h10-11,16,22H,6-9H2,1-5H3,(H,23,24). The highest BCUT2D eigenvalue weighted by molar-refractivity contribution is 5.88. The molecule has 0 bridgehead atoms. The van der Waals surface area contributed by atoms with Crippen molar-refractivity contribution in [3.63, 3.8) is 0 Å². The molecule has 0 amide bonds. The number of fused-ring (bicyclic) bond motifs is 3. The number of phenolic OH excluding ortho intramolecular Hbond substituents is 1. The Morgan fingerprint density at radius 2 is 2.04 bits per heavy atom. The van der Waals surface area contributed by atoms with Crippen molar-refractivity contribution in [2.24, 2.45) is 5.92 Å². The van der Waals surface area contributed by atoms with Gasteiger partial charge in [0.15, 0.2) is 0 Å². The summed E-state index contributed by atoms with van der Waals surface area (Å²) in [4.78, 5) is 11.5. The van der Waals surface area contributed by atoms with Crippen LogP contribution in [0.4, 0.5) is 0 Å². The van der Waals surface area contributed by atoms with E-state index in [0.717, 1.165) is 47.3 Å². The maximum absolute atomic E-state index is 11.5. The fourth-order valence-corrected chi connectivity index (χ4v) is 5.12. The predicted octanol–water partition coefficient (Wildman–Crippen LogP) is 4.54. The van der Waals surface area contributed by atoms with Crippen molar-refractivity contribution in [1.82, 2.24) is 0 Å². The van der Waals surface area contributed by atoms with Crippen LogP contribution < -0.4 is 4.74 Å². The van der Waals surface area contributed by atoms with Crippen molar-refractivity contribution in [2.45, 2.75) is 64.7 Å². The summed E-state index contributed by atoms with van der Waals surface area (Å²) in [5.74, 6) is 0.845. The normalized spacial score (nSPS) is 25.6. The first-order valence-corrected chi connectivity index (χ1v) is 9.08. The van der Waals surface area contributed by atoms with Gasteiger partial charge in [-0.15, -0.1) is 0 Å². The number of phenols is 1. The van der Waals surface area contributed by atoms with Crippen LogP contribution >= 0.6 is 0 Å². The van der Waals surface area contributed by atoms with Gasteiger partial charge in [0.2, 0.25) is 0 Å². The Hall–Kier alpha value is -1.97. The lowest BCUT2D eigenvalue weighted by molar-refractivity contribution is -0.133. The zero-order valence-corrected chi connectivity index (χ0v) is 15.8. The summed E-state index contributed by atoms with van der Waals surface area (Å²) in [5, 5.41) is 20.4. The minimum atomic E-state index is -0.803. The van der Waals surface area contributed by atoms with E-state index >= 15 is 0 Å². The monoisotopic (exact) mass is 344 g/mol. The third kappa shape index (κ3) is 2.54. The molecule has 2 unspecified atom stereocenters. The second-order valence-electron chi connectivity index (χ2n) is 8.00. The molecule has 1 aromatic carbocycles. The van der Waals surface area contributed by atoms with E-state index in [1.807, 2.05) is 13.0 Å². The minimum Gasteiger partial charge on any atom is -0.508 e. The van der Waals surface area contributed by atoms with Crippen molar-refractivity contribution in [2.75, 3.05) is 7.11 Å². The minimum absolute atomic E-state index is 0.153. The quantitative estimate of drug-likeness (QED) is 0.845. The van der Waals surface area contributed by atoms with Crippen molar-refractivity contribution < 1.29 is 19.7 Å². The van der Waals surface area contributed by atoms with Crippen molar-refractivity contribution >= 4 is 5.97 Å². The molecule has 1 aromatic rings. The molecule has 0 radical (unpaired) electrons. The zero-order valence-electron chi connectivity index (χ0n) is 15.8. The molecular weight excluding hydrogens is 316 g/mol. The molecule has 3 rings (SSSR count). The van der Waals surface area contributed by atoms with Crippen LogP contribution in [-0.4, -0.2) is 23.3 Å². The Kier molecular flexibility index (Phi) is 4.34. The molecule has 4 nitrogen and oxygen atoms in total. The molecule has 25 heavy (non-hydrogen) atoms. The summed E-state index contributed by atoms with van der Waals surface area (Å²) in [6.07, 6.45) is 2.98. The fraction of sp³-hybridized carbons (Fsp3) is 0.571. The number of hydrogen-bond donors (Lipinski definition) is 2. The van der Waals surface area contributed by atoms with Crippen molar-refractivity contribution in [3.05, 3.63) is 33.9 Å². The molecule has 2 aliphatic carbocycles. The predicted molar refractivity (Wildman–Crippen MR) is 97.5 cm³/mol. The molecule has 0 saturated carbocycles. The first-order chi connectivity index (χ1) is 11.7. The lowest BCUT2D eigenvalue weighted by atomic mass is 9.56. The van der Waals surface area contributed by atoms with Crippen LogP contribution in [0.2, 0.25) is 0 Å². The molecular formula is C21H28O4. The van der Waals surface area contributed by atoms with Gasteiger partial charge in [0, 0.05) is 27.7 Å². The van der Waals surface area contributed by atoms with Gasteiger partial charge >= 0.3 is 5.97 Å². The number of aliphatic carboxylic acids is 1. The second-order valence-corrected chi connectivity index (χ2v) is 8.00. The molecule has 0 spiro atoms. The van der Waals surface area contributed by atoms with Crippen molar-refractivity contribution in [3.8, 4) is 11.5 Å². The number of methoxy groups -OCH3 is 1. The molecule has 0 saturated heterocycles. The molecule has 0 heterocycles. The van der Waals surface area contributed by atoms with E-state index in [1.165, 1.54) is 0 Å². The van der Waals surface area contributed by atoms with E-state index < -0.39 is 5.97 Å². The molecule has 2 atom stereocenters. The Balaban J connectivity index is 2.22. The van der Waals surface area contributed by atoms with Crippen LogP contribution in [0.25, 0.3) is 0 Å². The first kappa shape index (κ1) is 17.8. The van der Waals surface area contributed by atoms with Gasteiger partial charge in [0.05, 0.1) is 7.11 Å². The fourth-order valence-electron chi connectivity index (χ4n) is 5.12. The smallest absolute Gasteiger partial charge is 0.331 e. The highest BCUT2D eigenvalue weighted by atomic mass is 16.5. The lowest BCUT2D eigenvalue weighted by Gasteiger charge is -2.48. The van der Waals surface area contributed by atoms with E-state index in [0.29, 0.717) is 17.7 Å². The Morgan fingerprint density at radius 3 is 2.60 bits per heavy atom. The van der Waals surface area contributed by atoms with Gasteiger partial charge in [0.1, 0.15) is 11.5 Å². The molecule has 136 valence electrons. The largest absolute Gasteiger partial charge is 0.508 e. The van der Waals surface area contributed by atoms with Crippen LogP contribution in [-0.2, 0) is 16.6 Å². The van der Waals surface area contributed by atoms with E-state index in [4.69, 9.17) is 4.74 Å². The van der Waals surface area contributed by atoms with Gasteiger partial charge in [-0.05, 0) is 50.5 Å². The average molecular weight is 344 g/mol. The maximum Gasteiger partial charge on any atom is 0.331 e. The van der Waals surface area contributed by atoms with Crippen LogP contribution in [0, 0.1) is 5.92 Å². The number of rotatable bonds is 3. The molecule has 0 aliphatic heterocycles.